The quantitative estimate of drug-likeness (QED) is 0.588. The Morgan fingerprint density at radius 1 is 0.947 bits per heavy atom. The van der Waals surface area contributed by atoms with Crippen LogP contribution in [0.15, 0.2) is 39.3 Å². The van der Waals surface area contributed by atoms with Crippen LogP contribution in [-0.4, -0.2) is 5.78 Å². The minimum atomic E-state index is -0.000679. The average molecular weight is 403 g/mol. The predicted molar refractivity (Wildman–Crippen MR) is 86.2 cm³/mol. The molecule has 0 N–H and O–H groups in total. The van der Waals surface area contributed by atoms with E-state index in [1.54, 1.807) is 0 Å². The van der Waals surface area contributed by atoms with Gasteiger partial charge in [0, 0.05) is 25.1 Å². The number of hydrogen-bond donors (Lipinski definition) is 0. The standard InChI is InChI=1S/C15H11Br2ClO/c1-8-4-14(18)9(2)3-13(8)15(19)10-5-11(16)7-12(17)6-10/h3-7H,1-2H3. The van der Waals surface area contributed by atoms with E-state index in [1.807, 2.05) is 44.2 Å². The lowest BCUT2D eigenvalue weighted by atomic mass is 9.97. The van der Waals surface area contributed by atoms with E-state index in [-0.39, 0.29) is 5.78 Å². The van der Waals surface area contributed by atoms with Gasteiger partial charge in [-0.25, -0.2) is 0 Å². The summed E-state index contributed by atoms with van der Waals surface area (Å²) in [5.41, 5.74) is 3.12. The Labute approximate surface area is 134 Å². The molecule has 0 fully saturated rings. The summed E-state index contributed by atoms with van der Waals surface area (Å²) >= 11 is 12.9. The monoisotopic (exact) mass is 400 g/mol. The molecule has 1 nitrogen and oxygen atoms in total. The SMILES string of the molecule is Cc1cc(C(=O)c2cc(Br)cc(Br)c2)c(C)cc1Cl. The normalized spacial score (nSPS) is 10.6. The fraction of sp³-hybridized carbons (Fsp3) is 0.133. The summed E-state index contributed by atoms with van der Waals surface area (Å²) in [5.74, 6) is -0.000679. The van der Waals surface area contributed by atoms with Gasteiger partial charge in [0.1, 0.15) is 0 Å². The number of hydrogen-bond acceptors (Lipinski definition) is 1. The Bertz CT molecular complexity index is 645. The Kier molecular flexibility index (Phi) is 4.49. The number of rotatable bonds is 2. The van der Waals surface area contributed by atoms with Crippen LogP contribution in [0.4, 0.5) is 0 Å². The van der Waals surface area contributed by atoms with Crippen molar-refractivity contribution in [1.82, 2.24) is 0 Å². The van der Waals surface area contributed by atoms with Crippen molar-refractivity contribution in [2.45, 2.75) is 13.8 Å². The van der Waals surface area contributed by atoms with Crippen LogP contribution in [0.1, 0.15) is 27.0 Å². The lowest BCUT2D eigenvalue weighted by Gasteiger charge is -2.09. The zero-order valence-corrected chi connectivity index (χ0v) is 14.4. The molecular formula is C15H11Br2ClO. The summed E-state index contributed by atoms with van der Waals surface area (Å²) in [7, 11) is 0. The Hall–Kier alpha value is -0.640. The first kappa shape index (κ1) is 14.8. The lowest BCUT2D eigenvalue weighted by molar-refractivity contribution is 0.103. The fourth-order valence-electron chi connectivity index (χ4n) is 1.87. The summed E-state index contributed by atoms with van der Waals surface area (Å²) in [6.07, 6.45) is 0. The van der Waals surface area contributed by atoms with Gasteiger partial charge in [0.2, 0.25) is 0 Å². The zero-order chi connectivity index (χ0) is 14.2. The van der Waals surface area contributed by atoms with Crippen LogP contribution in [-0.2, 0) is 0 Å². The van der Waals surface area contributed by atoms with Crippen LogP contribution >= 0.6 is 43.5 Å². The van der Waals surface area contributed by atoms with Gasteiger partial charge in [-0.1, -0.05) is 43.5 Å². The van der Waals surface area contributed by atoms with Crippen molar-refractivity contribution in [2.75, 3.05) is 0 Å². The van der Waals surface area contributed by atoms with Gasteiger partial charge in [-0.3, -0.25) is 4.79 Å². The highest BCUT2D eigenvalue weighted by atomic mass is 79.9. The summed E-state index contributed by atoms with van der Waals surface area (Å²) in [5, 5.41) is 0.685. The number of aryl methyl sites for hydroxylation is 2. The van der Waals surface area contributed by atoms with Crippen LogP contribution in [0.5, 0.6) is 0 Å². The van der Waals surface area contributed by atoms with Crippen molar-refractivity contribution in [3.63, 3.8) is 0 Å². The molecule has 0 saturated carbocycles. The van der Waals surface area contributed by atoms with E-state index in [4.69, 9.17) is 11.6 Å². The molecule has 0 saturated heterocycles. The molecule has 2 aromatic rings. The van der Waals surface area contributed by atoms with E-state index in [0.717, 1.165) is 20.1 Å². The lowest BCUT2D eigenvalue weighted by Crippen LogP contribution is -2.04. The molecule has 0 aromatic heterocycles. The van der Waals surface area contributed by atoms with Crippen molar-refractivity contribution >= 4 is 49.2 Å². The number of benzene rings is 2. The van der Waals surface area contributed by atoms with Crippen LogP contribution < -0.4 is 0 Å². The molecule has 0 aliphatic carbocycles. The van der Waals surface area contributed by atoms with Crippen LogP contribution in [0.25, 0.3) is 0 Å². The summed E-state index contributed by atoms with van der Waals surface area (Å²) in [6, 6.07) is 9.20. The summed E-state index contributed by atoms with van der Waals surface area (Å²) in [6.45, 7) is 3.79. The van der Waals surface area contributed by atoms with Crippen LogP contribution in [0, 0.1) is 13.8 Å². The largest absolute Gasteiger partial charge is 0.289 e. The second kappa shape index (κ2) is 5.78. The van der Waals surface area contributed by atoms with E-state index in [1.165, 1.54) is 0 Å². The molecule has 0 aliphatic rings. The smallest absolute Gasteiger partial charge is 0.193 e. The van der Waals surface area contributed by atoms with Gasteiger partial charge in [0.15, 0.2) is 5.78 Å². The molecule has 0 unspecified atom stereocenters. The first-order valence-electron chi connectivity index (χ1n) is 5.66. The molecule has 98 valence electrons. The molecule has 0 radical (unpaired) electrons. The third kappa shape index (κ3) is 3.28. The van der Waals surface area contributed by atoms with Crippen LogP contribution in [0.3, 0.4) is 0 Å². The highest BCUT2D eigenvalue weighted by molar-refractivity contribution is 9.11. The van der Waals surface area contributed by atoms with Crippen molar-refractivity contribution in [3.05, 3.63) is 66.6 Å². The van der Waals surface area contributed by atoms with E-state index < -0.39 is 0 Å². The van der Waals surface area contributed by atoms with Gasteiger partial charge >= 0.3 is 0 Å². The molecule has 0 bridgehead atoms. The van der Waals surface area contributed by atoms with Gasteiger partial charge in [-0.05, 0) is 55.3 Å². The minimum absolute atomic E-state index is 0.000679. The van der Waals surface area contributed by atoms with E-state index in [2.05, 4.69) is 31.9 Å². The number of halogens is 3. The van der Waals surface area contributed by atoms with Gasteiger partial charge in [0.25, 0.3) is 0 Å². The Balaban J connectivity index is 2.53. The molecule has 0 atom stereocenters. The predicted octanol–water partition coefficient (Wildman–Crippen LogP) is 5.71. The van der Waals surface area contributed by atoms with E-state index >= 15 is 0 Å². The van der Waals surface area contributed by atoms with Gasteiger partial charge in [0.05, 0.1) is 0 Å². The van der Waals surface area contributed by atoms with E-state index in [9.17, 15) is 4.79 Å². The molecule has 4 heteroatoms. The average Bonchev–Trinajstić information content (AvgIpc) is 2.31. The second-order valence-corrected chi connectivity index (χ2v) is 6.64. The third-order valence-electron chi connectivity index (χ3n) is 2.87. The molecule has 0 aliphatic heterocycles. The summed E-state index contributed by atoms with van der Waals surface area (Å²) < 4.78 is 1.74. The molecule has 0 spiro atoms. The van der Waals surface area contributed by atoms with Crippen molar-refractivity contribution in [1.29, 1.82) is 0 Å². The maximum absolute atomic E-state index is 12.6. The maximum Gasteiger partial charge on any atom is 0.193 e. The third-order valence-corrected chi connectivity index (χ3v) is 4.20. The van der Waals surface area contributed by atoms with Crippen LogP contribution in [0.2, 0.25) is 5.02 Å². The van der Waals surface area contributed by atoms with Crippen molar-refractivity contribution < 1.29 is 4.79 Å². The number of carbonyl (C=O) groups is 1. The molecule has 0 amide bonds. The maximum atomic E-state index is 12.6. The molecule has 2 aromatic carbocycles. The highest BCUT2D eigenvalue weighted by Crippen LogP contribution is 2.25. The molecule has 19 heavy (non-hydrogen) atoms. The van der Waals surface area contributed by atoms with Crippen molar-refractivity contribution in [3.8, 4) is 0 Å². The number of ketones is 1. The van der Waals surface area contributed by atoms with Gasteiger partial charge in [-0.2, -0.15) is 0 Å². The Morgan fingerprint density at radius 3 is 2.11 bits per heavy atom. The second-order valence-electron chi connectivity index (χ2n) is 4.40. The van der Waals surface area contributed by atoms with E-state index in [0.29, 0.717) is 16.1 Å². The van der Waals surface area contributed by atoms with Gasteiger partial charge in [-0.15, -0.1) is 0 Å². The van der Waals surface area contributed by atoms with Crippen molar-refractivity contribution in [2.24, 2.45) is 0 Å². The first-order chi connectivity index (χ1) is 8.88. The fourth-order valence-corrected chi connectivity index (χ4v) is 3.38. The molecular weight excluding hydrogens is 391 g/mol. The highest BCUT2D eigenvalue weighted by Gasteiger charge is 2.14. The first-order valence-corrected chi connectivity index (χ1v) is 7.62. The topological polar surface area (TPSA) is 17.1 Å². The van der Waals surface area contributed by atoms with Gasteiger partial charge < -0.3 is 0 Å². The Morgan fingerprint density at radius 2 is 1.53 bits per heavy atom. The number of carbonyl (C=O) groups excluding carboxylic acids is 1. The summed E-state index contributed by atoms with van der Waals surface area (Å²) in [4.78, 5) is 12.6. The molecule has 2 rings (SSSR count). The zero-order valence-electron chi connectivity index (χ0n) is 10.4. The molecule has 0 heterocycles. The minimum Gasteiger partial charge on any atom is -0.289 e.